The van der Waals surface area contributed by atoms with Gasteiger partial charge in [-0.05, 0) is 64.8 Å². The molecule has 0 amide bonds. The van der Waals surface area contributed by atoms with Crippen molar-refractivity contribution in [3.8, 4) is 0 Å². The SMILES string of the molecule is C[C@H](O)c1ccc(Sc2ccc(Cl)cc2)c(Br)c1. The van der Waals surface area contributed by atoms with Gasteiger partial charge in [-0.2, -0.15) is 0 Å². The molecule has 4 heteroatoms. The highest BCUT2D eigenvalue weighted by Gasteiger charge is 2.06. The third-order valence-corrected chi connectivity index (χ3v) is 4.73. The average molecular weight is 344 g/mol. The first kappa shape index (κ1) is 13.9. The van der Waals surface area contributed by atoms with Gasteiger partial charge in [0, 0.05) is 19.3 Å². The minimum absolute atomic E-state index is 0.448. The van der Waals surface area contributed by atoms with Crippen LogP contribution in [0, 0.1) is 0 Å². The van der Waals surface area contributed by atoms with Crippen molar-refractivity contribution < 1.29 is 5.11 Å². The van der Waals surface area contributed by atoms with Crippen molar-refractivity contribution >= 4 is 39.3 Å². The molecule has 1 nitrogen and oxygen atoms in total. The van der Waals surface area contributed by atoms with E-state index in [0.29, 0.717) is 0 Å². The van der Waals surface area contributed by atoms with Crippen LogP contribution in [-0.4, -0.2) is 5.11 Å². The third-order valence-electron chi connectivity index (χ3n) is 2.48. The van der Waals surface area contributed by atoms with Gasteiger partial charge in [0.05, 0.1) is 6.10 Å². The molecule has 2 rings (SSSR count). The number of hydrogen-bond donors (Lipinski definition) is 1. The second kappa shape index (κ2) is 6.11. The first-order chi connectivity index (χ1) is 8.56. The van der Waals surface area contributed by atoms with E-state index in [0.717, 1.165) is 24.8 Å². The Labute approximate surface area is 124 Å². The molecule has 0 aliphatic carbocycles. The number of halogens is 2. The lowest BCUT2D eigenvalue weighted by molar-refractivity contribution is 0.199. The van der Waals surface area contributed by atoms with Gasteiger partial charge < -0.3 is 5.11 Å². The maximum absolute atomic E-state index is 9.52. The van der Waals surface area contributed by atoms with Gasteiger partial charge in [0.15, 0.2) is 0 Å². The molecular weight excluding hydrogens is 332 g/mol. The minimum atomic E-state index is -0.448. The monoisotopic (exact) mass is 342 g/mol. The Bertz CT molecular complexity index is 540. The van der Waals surface area contributed by atoms with Crippen molar-refractivity contribution in [1.29, 1.82) is 0 Å². The van der Waals surface area contributed by atoms with E-state index in [1.54, 1.807) is 18.7 Å². The lowest BCUT2D eigenvalue weighted by Crippen LogP contribution is -1.90. The van der Waals surface area contributed by atoms with Crippen LogP contribution in [0.2, 0.25) is 5.02 Å². The Kier molecular flexibility index (Phi) is 4.73. The van der Waals surface area contributed by atoms with Crippen molar-refractivity contribution in [2.45, 2.75) is 22.8 Å². The second-order valence-electron chi connectivity index (χ2n) is 3.92. The summed E-state index contributed by atoms with van der Waals surface area (Å²) in [6.45, 7) is 1.76. The molecule has 0 heterocycles. The Morgan fingerprint density at radius 3 is 2.39 bits per heavy atom. The molecule has 0 saturated carbocycles. The van der Waals surface area contributed by atoms with Gasteiger partial charge in [0.2, 0.25) is 0 Å². The first-order valence-corrected chi connectivity index (χ1v) is 7.46. The van der Waals surface area contributed by atoms with Gasteiger partial charge in [-0.15, -0.1) is 0 Å². The van der Waals surface area contributed by atoms with Gasteiger partial charge in [0.25, 0.3) is 0 Å². The molecule has 2 aromatic rings. The van der Waals surface area contributed by atoms with E-state index in [4.69, 9.17) is 11.6 Å². The van der Waals surface area contributed by atoms with Crippen molar-refractivity contribution in [3.63, 3.8) is 0 Å². The third kappa shape index (κ3) is 3.51. The highest BCUT2D eigenvalue weighted by Crippen LogP contribution is 2.35. The lowest BCUT2D eigenvalue weighted by Gasteiger charge is -2.09. The summed E-state index contributed by atoms with van der Waals surface area (Å²) in [6, 6.07) is 13.6. The number of rotatable bonds is 3. The van der Waals surface area contributed by atoms with Gasteiger partial charge in [0.1, 0.15) is 0 Å². The maximum Gasteiger partial charge on any atom is 0.0762 e. The topological polar surface area (TPSA) is 20.2 Å². The van der Waals surface area contributed by atoms with Crippen LogP contribution in [-0.2, 0) is 0 Å². The van der Waals surface area contributed by atoms with Crippen LogP contribution in [0.4, 0.5) is 0 Å². The fourth-order valence-electron chi connectivity index (χ4n) is 1.49. The van der Waals surface area contributed by atoms with E-state index < -0.39 is 6.10 Å². The van der Waals surface area contributed by atoms with Crippen molar-refractivity contribution in [3.05, 3.63) is 57.5 Å². The van der Waals surface area contributed by atoms with Crippen LogP contribution in [0.5, 0.6) is 0 Å². The summed E-state index contributed by atoms with van der Waals surface area (Å²) >= 11 is 11.0. The number of aliphatic hydroxyl groups excluding tert-OH is 1. The molecule has 0 aliphatic heterocycles. The Morgan fingerprint density at radius 1 is 1.17 bits per heavy atom. The van der Waals surface area contributed by atoms with Gasteiger partial charge in [-0.3, -0.25) is 0 Å². The summed E-state index contributed by atoms with van der Waals surface area (Å²) in [5.74, 6) is 0. The zero-order valence-electron chi connectivity index (χ0n) is 9.73. The van der Waals surface area contributed by atoms with E-state index in [-0.39, 0.29) is 0 Å². The normalized spacial score (nSPS) is 12.4. The predicted octanol–water partition coefficient (Wildman–Crippen LogP) is 5.31. The van der Waals surface area contributed by atoms with Gasteiger partial charge in [-0.1, -0.05) is 29.4 Å². The Hall–Kier alpha value is -0.480. The number of benzene rings is 2. The maximum atomic E-state index is 9.52. The fourth-order valence-corrected chi connectivity index (χ4v) is 3.07. The molecule has 2 aromatic carbocycles. The molecule has 0 radical (unpaired) electrons. The quantitative estimate of drug-likeness (QED) is 0.815. The summed E-state index contributed by atoms with van der Waals surface area (Å²) in [5, 5.41) is 10.3. The summed E-state index contributed by atoms with van der Waals surface area (Å²) < 4.78 is 0.987. The second-order valence-corrected chi connectivity index (χ2v) is 6.33. The highest BCUT2D eigenvalue weighted by molar-refractivity contribution is 9.10. The summed E-state index contributed by atoms with van der Waals surface area (Å²) in [5.41, 5.74) is 0.905. The van der Waals surface area contributed by atoms with E-state index in [9.17, 15) is 5.11 Å². The molecule has 0 saturated heterocycles. The minimum Gasteiger partial charge on any atom is -0.389 e. The van der Waals surface area contributed by atoms with E-state index in [1.807, 2.05) is 42.5 Å². The Balaban J connectivity index is 2.22. The Morgan fingerprint density at radius 2 is 1.83 bits per heavy atom. The van der Waals surface area contributed by atoms with Crippen LogP contribution in [0.15, 0.2) is 56.7 Å². The molecule has 0 aromatic heterocycles. The molecule has 18 heavy (non-hydrogen) atoms. The van der Waals surface area contributed by atoms with Crippen molar-refractivity contribution in [1.82, 2.24) is 0 Å². The summed E-state index contributed by atoms with van der Waals surface area (Å²) in [4.78, 5) is 2.24. The zero-order chi connectivity index (χ0) is 13.1. The molecule has 1 N–H and O–H groups in total. The van der Waals surface area contributed by atoms with Crippen LogP contribution in [0.1, 0.15) is 18.6 Å². The number of hydrogen-bond acceptors (Lipinski definition) is 2. The smallest absolute Gasteiger partial charge is 0.0762 e. The van der Waals surface area contributed by atoms with Gasteiger partial charge in [-0.25, -0.2) is 0 Å². The van der Waals surface area contributed by atoms with E-state index >= 15 is 0 Å². The zero-order valence-corrected chi connectivity index (χ0v) is 12.9. The molecule has 94 valence electrons. The summed E-state index contributed by atoms with van der Waals surface area (Å²) in [6.07, 6.45) is -0.448. The van der Waals surface area contributed by atoms with Gasteiger partial charge >= 0.3 is 0 Å². The average Bonchev–Trinajstić information content (AvgIpc) is 2.34. The standard InChI is InChI=1S/C14H12BrClOS/c1-9(17)10-2-7-14(13(15)8-10)18-12-5-3-11(16)4-6-12/h2-9,17H,1H3/t9-/m0/s1. The molecule has 0 spiro atoms. The van der Waals surface area contributed by atoms with Crippen LogP contribution >= 0.6 is 39.3 Å². The number of aliphatic hydroxyl groups is 1. The lowest BCUT2D eigenvalue weighted by atomic mass is 10.1. The molecule has 0 unspecified atom stereocenters. The van der Waals surface area contributed by atoms with Crippen LogP contribution < -0.4 is 0 Å². The first-order valence-electron chi connectivity index (χ1n) is 5.47. The molecule has 0 fully saturated rings. The molecule has 1 atom stereocenters. The molecule has 0 bridgehead atoms. The van der Waals surface area contributed by atoms with E-state index in [2.05, 4.69) is 15.9 Å². The van der Waals surface area contributed by atoms with Crippen LogP contribution in [0.25, 0.3) is 0 Å². The van der Waals surface area contributed by atoms with Crippen LogP contribution in [0.3, 0.4) is 0 Å². The predicted molar refractivity (Wildman–Crippen MR) is 80.4 cm³/mol. The van der Waals surface area contributed by atoms with Crippen molar-refractivity contribution in [2.75, 3.05) is 0 Å². The molecular formula is C14H12BrClOS. The van der Waals surface area contributed by atoms with E-state index in [1.165, 1.54) is 0 Å². The molecule has 0 aliphatic rings. The highest BCUT2D eigenvalue weighted by atomic mass is 79.9. The van der Waals surface area contributed by atoms with Crippen molar-refractivity contribution in [2.24, 2.45) is 0 Å². The fraction of sp³-hybridized carbons (Fsp3) is 0.143. The summed E-state index contributed by atoms with van der Waals surface area (Å²) in [7, 11) is 0. The largest absolute Gasteiger partial charge is 0.389 e.